The number of nitrogens with zero attached hydrogens (tertiary/aromatic N) is 2. The number of ketones is 1. The van der Waals surface area contributed by atoms with Crippen molar-refractivity contribution in [2.45, 2.75) is 47.6 Å². The summed E-state index contributed by atoms with van der Waals surface area (Å²) in [5.41, 5.74) is 2.21. The molecule has 0 aliphatic carbocycles. The molecular formula is C13H22N2O. The highest BCUT2D eigenvalue weighted by molar-refractivity contribution is 5.78. The molecule has 0 N–H and O–H groups in total. The van der Waals surface area contributed by atoms with Crippen LogP contribution in [-0.2, 0) is 17.8 Å². The second kappa shape index (κ2) is 5.28. The van der Waals surface area contributed by atoms with E-state index in [-0.39, 0.29) is 11.7 Å². The molecule has 0 aliphatic rings. The van der Waals surface area contributed by atoms with Gasteiger partial charge in [0.2, 0.25) is 0 Å². The lowest BCUT2D eigenvalue weighted by Crippen LogP contribution is -2.21. The molecule has 1 rings (SSSR count). The molecule has 0 bridgehead atoms. The fourth-order valence-electron chi connectivity index (χ4n) is 2.11. The number of aryl methyl sites for hydroxylation is 2. The predicted octanol–water partition coefficient (Wildman–Crippen LogP) is 2.62. The van der Waals surface area contributed by atoms with Crippen molar-refractivity contribution in [1.82, 2.24) is 9.78 Å². The van der Waals surface area contributed by atoms with Gasteiger partial charge in [-0.25, -0.2) is 0 Å². The quantitative estimate of drug-likeness (QED) is 0.767. The highest BCUT2D eigenvalue weighted by Crippen LogP contribution is 2.19. The average Bonchev–Trinajstić information content (AvgIpc) is 2.54. The van der Waals surface area contributed by atoms with Crippen molar-refractivity contribution in [3.63, 3.8) is 0 Å². The van der Waals surface area contributed by atoms with Crippen LogP contribution in [0.2, 0.25) is 0 Å². The van der Waals surface area contributed by atoms with Gasteiger partial charge in [0.05, 0.1) is 5.69 Å². The Bertz CT molecular complexity index is 366. The summed E-state index contributed by atoms with van der Waals surface area (Å²) in [6.45, 7) is 10.8. The summed E-state index contributed by atoms with van der Waals surface area (Å²) in [5, 5.41) is 4.41. The van der Waals surface area contributed by atoms with Gasteiger partial charge in [-0.05, 0) is 39.2 Å². The molecule has 1 aromatic heterocycles. The Morgan fingerprint density at radius 2 is 2.12 bits per heavy atom. The summed E-state index contributed by atoms with van der Waals surface area (Å²) in [4.78, 5) is 11.6. The third kappa shape index (κ3) is 2.94. The molecule has 0 amide bonds. The first-order valence-electron chi connectivity index (χ1n) is 5.99. The Hall–Kier alpha value is -1.12. The number of carbonyl (C=O) groups excluding carboxylic acids is 1. The average molecular weight is 222 g/mol. The lowest BCUT2D eigenvalue weighted by molar-refractivity contribution is -0.122. The Kier molecular flexibility index (Phi) is 4.27. The summed E-state index contributed by atoms with van der Waals surface area (Å²) in [7, 11) is 0. The normalized spacial score (nSPS) is 13.1. The molecule has 0 fully saturated rings. The molecule has 3 nitrogen and oxygen atoms in total. The van der Waals surface area contributed by atoms with Gasteiger partial charge in [-0.15, -0.1) is 0 Å². The van der Waals surface area contributed by atoms with Gasteiger partial charge in [0.25, 0.3) is 0 Å². The van der Waals surface area contributed by atoms with Crippen LogP contribution >= 0.6 is 0 Å². The second-order valence-corrected chi connectivity index (χ2v) is 4.76. The topological polar surface area (TPSA) is 34.9 Å². The molecule has 90 valence electrons. The fraction of sp³-hybridized carbons (Fsp3) is 0.692. The van der Waals surface area contributed by atoms with Crippen LogP contribution in [0.25, 0.3) is 0 Å². The zero-order valence-corrected chi connectivity index (χ0v) is 10.9. The summed E-state index contributed by atoms with van der Waals surface area (Å²) in [6, 6.07) is 2.09. The molecule has 0 aromatic carbocycles. The van der Waals surface area contributed by atoms with Crippen molar-refractivity contribution in [1.29, 1.82) is 0 Å². The van der Waals surface area contributed by atoms with Crippen molar-refractivity contribution in [2.75, 3.05) is 0 Å². The smallest absolute Gasteiger partial charge is 0.133 e. The van der Waals surface area contributed by atoms with Gasteiger partial charge in [-0.2, -0.15) is 5.10 Å². The van der Waals surface area contributed by atoms with Crippen LogP contribution in [0, 0.1) is 18.8 Å². The summed E-state index contributed by atoms with van der Waals surface area (Å²) in [6.07, 6.45) is 0.807. The highest BCUT2D eigenvalue weighted by atomic mass is 16.1. The first-order chi connectivity index (χ1) is 7.45. The Labute approximate surface area is 97.8 Å². The van der Waals surface area contributed by atoms with E-state index < -0.39 is 0 Å². The third-order valence-corrected chi connectivity index (χ3v) is 3.04. The van der Waals surface area contributed by atoms with Gasteiger partial charge < -0.3 is 0 Å². The summed E-state index contributed by atoms with van der Waals surface area (Å²) < 4.78 is 1.99. The largest absolute Gasteiger partial charge is 0.300 e. The van der Waals surface area contributed by atoms with Gasteiger partial charge in [-0.1, -0.05) is 13.8 Å². The van der Waals surface area contributed by atoms with Gasteiger partial charge in [0.1, 0.15) is 5.78 Å². The van der Waals surface area contributed by atoms with Crippen LogP contribution in [0.15, 0.2) is 6.07 Å². The van der Waals surface area contributed by atoms with E-state index in [1.54, 1.807) is 6.92 Å². The molecule has 1 atom stereocenters. The van der Waals surface area contributed by atoms with E-state index in [0.29, 0.717) is 5.92 Å². The number of Topliss-reactive ketones (excluding diaryl/α,β-unsaturated/α-hetero) is 1. The van der Waals surface area contributed by atoms with E-state index in [2.05, 4.69) is 31.9 Å². The lowest BCUT2D eigenvalue weighted by atomic mass is 9.88. The third-order valence-electron chi connectivity index (χ3n) is 3.04. The molecule has 0 spiro atoms. The molecule has 1 aromatic rings. The number of hydrogen-bond acceptors (Lipinski definition) is 2. The van der Waals surface area contributed by atoms with Crippen LogP contribution in [-0.4, -0.2) is 15.6 Å². The molecule has 0 aliphatic heterocycles. The van der Waals surface area contributed by atoms with Crippen molar-refractivity contribution in [3.05, 3.63) is 17.5 Å². The fourth-order valence-corrected chi connectivity index (χ4v) is 2.11. The van der Waals surface area contributed by atoms with Gasteiger partial charge in [-0.3, -0.25) is 9.48 Å². The minimum atomic E-state index is 0.112. The molecular weight excluding hydrogens is 200 g/mol. The van der Waals surface area contributed by atoms with Crippen molar-refractivity contribution in [3.8, 4) is 0 Å². The van der Waals surface area contributed by atoms with Crippen LogP contribution in [0.1, 0.15) is 39.1 Å². The Morgan fingerprint density at radius 1 is 1.50 bits per heavy atom. The van der Waals surface area contributed by atoms with E-state index in [0.717, 1.165) is 18.7 Å². The molecule has 3 heteroatoms. The predicted molar refractivity (Wildman–Crippen MR) is 65.4 cm³/mol. The van der Waals surface area contributed by atoms with Crippen molar-refractivity contribution in [2.24, 2.45) is 11.8 Å². The zero-order chi connectivity index (χ0) is 12.3. The van der Waals surface area contributed by atoms with Gasteiger partial charge in [0.15, 0.2) is 0 Å². The number of rotatable bonds is 5. The Balaban J connectivity index is 2.88. The lowest BCUT2D eigenvalue weighted by Gasteiger charge is -2.17. The second-order valence-electron chi connectivity index (χ2n) is 4.76. The number of hydrogen-bond donors (Lipinski definition) is 0. The Morgan fingerprint density at radius 3 is 2.56 bits per heavy atom. The maximum Gasteiger partial charge on any atom is 0.133 e. The van der Waals surface area contributed by atoms with E-state index in [9.17, 15) is 4.79 Å². The van der Waals surface area contributed by atoms with E-state index in [1.165, 1.54) is 5.69 Å². The minimum Gasteiger partial charge on any atom is -0.300 e. The van der Waals surface area contributed by atoms with Gasteiger partial charge in [0, 0.05) is 18.2 Å². The minimum absolute atomic E-state index is 0.112. The van der Waals surface area contributed by atoms with Crippen molar-refractivity contribution < 1.29 is 4.79 Å². The first kappa shape index (κ1) is 12.9. The maximum absolute atomic E-state index is 11.6. The summed E-state index contributed by atoms with van der Waals surface area (Å²) in [5.74, 6) is 0.774. The molecule has 1 heterocycles. The number of carbonyl (C=O) groups is 1. The standard InChI is InChI=1S/C13H22N2O/c1-6-15-12(7-10(4)14-15)8-13(9(2)3)11(5)16/h7,9,13H,6,8H2,1-5H3. The maximum atomic E-state index is 11.6. The SMILES string of the molecule is CCn1nc(C)cc1CC(C(C)=O)C(C)C. The number of aromatic nitrogens is 2. The van der Waals surface area contributed by atoms with E-state index in [4.69, 9.17) is 0 Å². The summed E-state index contributed by atoms with van der Waals surface area (Å²) >= 11 is 0. The van der Waals surface area contributed by atoms with Crippen LogP contribution in [0.3, 0.4) is 0 Å². The molecule has 1 unspecified atom stereocenters. The zero-order valence-electron chi connectivity index (χ0n) is 10.9. The van der Waals surface area contributed by atoms with E-state index >= 15 is 0 Å². The van der Waals surface area contributed by atoms with E-state index in [1.807, 2.05) is 11.6 Å². The van der Waals surface area contributed by atoms with Crippen LogP contribution in [0.4, 0.5) is 0 Å². The molecule has 0 saturated carbocycles. The highest BCUT2D eigenvalue weighted by Gasteiger charge is 2.20. The van der Waals surface area contributed by atoms with Gasteiger partial charge >= 0.3 is 0 Å². The molecule has 0 saturated heterocycles. The van der Waals surface area contributed by atoms with Crippen LogP contribution in [0.5, 0.6) is 0 Å². The van der Waals surface area contributed by atoms with Crippen LogP contribution < -0.4 is 0 Å². The monoisotopic (exact) mass is 222 g/mol. The van der Waals surface area contributed by atoms with Crippen molar-refractivity contribution >= 4 is 5.78 Å². The first-order valence-corrected chi connectivity index (χ1v) is 5.99. The molecule has 0 radical (unpaired) electrons. The molecule has 16 heavy (non-hydrogen) atoms.